The molecule has 0 radical (unpaired) electrons. The summed E-state index contributed by atoms with van der Waals surface area (Å²) in [6.07, 6.45) is 3.80. The number of hydrogen-bond donors (Lipinski definition) is 4. The maximum atomic E-state index is 12.7. The van der Waals surface area contributed by atoms with E-state index < -0.39 is 0 Å². The molecule has 0 aliphatic carbocycles. The first kappa shape index (κ1) is 17.4. The van der Waals surface area contributed by atoms with Gasteiger partial charge in [-0.15, -0.1) is 11.3 Å². The van der Waals surface area contributed by atoms with Gasteiger partial charge in [0.25, 0.3) is 5.56 Å². The summed E-state index contributed by atoms with van der Waals surface area (Å²) in [6, 6.07) is 2.38. The van der Waals surface area contributed by atoms with Crippen molar-refractivity contribution in [1.82, 2.24) is 30.8 Å². The van der Waals surface area contributed by atoms with Crippen molar-refractivity contribution in [3.05, 3.63) is 34.1 Å². The number of fused-ring (bicyclic) bond motifs is 1. The molecule has 0 spiro atoms. The molecular formula is C18H24N6OS. The van der Waals surface area contributed by atoms with Crippen LogP contribution in [0.1, 0.15) is 38.2 Å². The normalized spacial score (nSPS) is 23.1. The zero-order valence-electron chi connectivity index (χ0n) is 15.3. The molecule has 138 valence electrons. The molecule has 1 fully saturated rings. The van der Waals surface area contributed by atoms with Gasteiger partial charge in [-0.25, -0.2) is 4.98 Å². The third-order valence-corrected chi connectivity index (χ3v) is 6.23. The van der Waals surface area contributed by atoms with Gasteiger partial charge in [-0.1, -0.05) is 6.92 Å². The molecule has 0 bridgehead atoms. The molecule has 0 saturated carbocycles. The van der Waals surface area contributed by atoms with Gasteiger partial charge in [0, 0.05) is 28.7 Å². The monoisotopic (exact) mass is 372 g/mol. The summed E-state index contributed by atoms with van der Waals surface area (Å²) in [5.74, 6) is 0.712. The van der Waals surface area contributed by atoms with Crippen LogP contribution in [0.4, 0.5) is 0 Å². The SMILES string of the molecule is CCCNC1CNC(C)(c2nc3cc(-c4cn[nH]c4C)sc3c(=O)[nH]2)C1. The zero-order valence-corrected chi connectivity index (χ0v) is 16.1. The topological polar surface area (TPSA) is 98.5 Å². The number of H-pyrrole nitrogens is 2. The number of rotatable bonds is 5. The van der Waals surface area contributed by atoms with Crippen LogP contribution in [0, 0.1) is 6.92 Å². The van der Waals surface area contributed by atoms with E-state index in [0.29, 0.717) is 16.6 Å². The van der Waals surface area contributed by atoms with Crippen LogP contribution in [-0.4, -0.2) is 39.3 Å². The Labute approximate surface area is 155 Å². The first-order valence-electron chi connectivity index (χ1n) is 9.03. The molecule has 4 heterocycles. The number of aromatic nitrogens is 4. The Bertz CT molecular complexity index is 989. The van der Waals surface area contributed by atoms with Crippen LogP contribution < -0.4 is 16.2 Å². The van der Waals surface area contributed by atoms with Crippen LogP contribution in [-0.2, 0) is 5.54 Å². The van der Waals surface area contributed by atoms with Crippen LogP contribution in [0.3, 0.4) is 0 Å². The number of nitrogens with zero attached hydrogens (tertiary/aromatic N) is 2. The molecule has 4 N–H and O–H groups in total. The third-order valence-electron chi connectivity index (χ3n) is 5.08. The highest BCUT2D eigenvalue weighted by atomic mass is 32.1. The lowest BCUT2D eigenvalue weighted by Crippen LogP contribution is -2.36. The van der Waals surface area contributed by atoms with E-state index in [1.807, 2.05) is 13.0 Å². The average Bonchev–Trinajstić information content (AvgIpc) is 3.31. The number of aryl methyl sites for hydroxylation is 1. The predicted molar refractivity (Wildman–Crippen MR) is 105 cm³/mol. The number of thiophene rings is 1. The van der Waals surface area contributed by atoms with E-state index in [9.17, 15) is 4.79 Å². The molecule has 26 heavy (non-hydrogen) atoms. The van der Waals surface area contributed by atoms with Gasteiger partial charge < -0.3 is 15.6 Å². The molecular weight excluding hydrogens is 348 g/mol. The molecule has 2 unspecified atom stereocenters. The summed E-state index contributed by atoms with van der Waals surface area (Å²) in [4.78, 5) is 21.5. The van der Waals surface area contributed by atoms with Crippen LogP contribution >= 0.6 is 11.3 Å². The molecule has 7 nitrogen and oxygen atoms in total. The Morgan fingerprint density at radius 3 is 3.04 bits per heavy atom. The van der Waals surface area contributed by atoms with Gasteiger partial charge in [-0.2, -0.15) is 5.10 Å². The Balaban J connectivity index is 1.69. The Morgan fingerprint density at radius 2 is 2.31 bits per heavy atom. The van der Waals surface area contributed by atoms with E-state index in [1.165, 1.54) is 11.3 Å². The van der Waals surface area contributed by atoms with Crippen molar-refractivity contribution in [2.45, 2.75) is 45.2 Å². The van der Waals surface area contributed by atoms with Crippen molar-refractivity contribution in [2.75, 3.05) is 13.1 Å². The van der Waals surface area contributed by atoms with Crippen LogP contribution in [0.25, 0.3) is 20.7 Å². The van der Waals surface area contributed by atoms with Gasteiger partial charge in [0.2, 0.25) is 0 Å². The summed E-state index contributed by atoms with van der Waals surface area (Å²) in [7, 11) is 0. The van der Waals surface area contributed by atoms with E-state index in [-0.39, 0.29) is 11.1 Å². The summed E-state index contributed by atoms with van der Waals surface area (Å²) < 4.78 is 0.659. The van der Waals surface area contributed by atoms with Crippen molar-refractivity contribution in [3.63, 3.8) is 0 Å². The second-order valence-electron chi connectivity index (χ2n) is 7.22. The third kappa shape index (κ3) is 2.98. The van der Waals surface area contributed by atoms with Crippen molar-refractivity contribution in [1.29, 1.82) is 0 Å². The molecule has 0 amide bonds. The molecule has 8 heteroatoms. The van der Waals surface area contributed by atoms with E-state index in [4.69, 9.17) is 4.98 Å². The molecule has 1 aliphatic rings. The Morgan fingerprint density at radius 1 is 1.46 bits per heavy atom. The Hall–Kier alpha value is -2.03. The highest BCUT2D eigenvalue weighted by Gasteiger charge is 2.38. The number of nitrogens with one attached hydrogen (secondary N) is 4. The van der Waals surface area contributed by atoms with Crippen LogP contribution in [0.15, 0.2) is 17.1 Å². The first-order chi connectivity index (χ1) is 12.5. The fourth-order valence-electron chi connectivity index (χ4n) is 3.59. The van der Waals surface area contributed by atoms with Crippen molar-refractivity contribution in [2.24, 2.45) is 0 Å². The summed E-state index contributed by atoms with van der Waals surface area (Å²) in [5, 5.41) is 14.1. The molecule has 3 aromatic heterocycles. The van der Waals surface area contributed by atoms with Crippen LogP contribution in [0.2, 0.25) is 0 Å². The van der Waals surface area contributed by atoms with Gasteiger partial charge in [0.05, 0.1) is 17.3 Å². The standard InChI is InChI=1S/C18H24N6OS/c1-4-5-19-11-7-18(3,20-8-11)17-22-13-6-14(12-9-21-24-10(12)2)26-15(13)16(25)23-17/h6,9,11,19-20H,4-5,7-8H2,1-3H3,(H,21,24)(H,22,23,25). The second-order valence-corrected chi connectivity index (χ2v) is 8.27. The lowest BCUT2D eigenvalue weighted by atomic mass is 9.97. The molecule has 3 aromatic rings. The predicted octanol–water partition coefficient (Wildman–Crippen LogP) is 2.26. The highest BCUT2D eigenvalue weighted by molar-refractivity contribution is 7.22. The van der Waals surface area contributed by atoms with E-state index in [0.717, 1.165) is 47.6 Å². The highest BCUT2D eigenvalue weighted by Crippen LogP contribution is 2.34. The maximum Gasteiger partial charge on any atom is 0.268 e. The summed E-state index contributed by atoms with van der Waals surface area (Å²) >= 11 is 1.46. The lowest BCUT2D eigenvalue weighted by molar-refractivity contribution is 0.395. The van der Waals surface area contributed by atoms with E-state index in [2.05, 4.69) is 39.7 Å². The number of aromatic amines is 2. The van der Waals surface area contributed by atoms with Gasteiger partial charge in [-0.3, -0.25) is 9.89 Å². The van der Waals surface area contributed by atoms with Gasteiger partial charge in [0.15, 0.2) is 0 Å². The second kappa shape index (κ2) is 6.61. The zero-order chi connectivity index (χ0) is 18.3. The minimum absolute atomic E-state index is 0.0737. The molecule has 1 aliphatic heterocycles. The smallest absolute Gasteiger partial charge is 0.268 e. The van der Waals surface area contributed by atoms with Gasteiger partial charge >= 0.3 is 0 Å². The Kier molecular flexibility index (Phi) is 4.42. The molecule has 0 aromatic carbocycles. The van der Waals surface area contributed by atoms with Gasteiger partial charge in [0.1, 0.15) is 10.5 Å². The number of hydrogen-bond acceptors (Lipinski definition) is 6. The van der Waals surface area contributed by atoms with Crippen molar-refractivity contribution in [3.8, 4) is 10.4 Å². The fraction of sp³-hybridized carbons (Fsp3) is 0.500. The fourth-order valence-corrected chi connectivity index (χ4v) is 4.65. The maximum absolute atomic E-state index is 12.7. The quantitative estimate of drug-likeness (QED) is 0.551. The minimum atomic E-state index is -0.327. The van der Waals surface area contributed by atoms with E-state index in [1.54, 1.807) is 6.20 Å². The minimum Gasteiger partial charge on any atom is -0.313 e. The van der Waals surface area contributed by atoms with E-state index >= 15 is 0 Å². The largest absolute Gasteiger partial charge is 0.313 e. The molecule has 2 atom stereocenters. The average molecular weight is 372 g/mol. The summed E-state index contributed by atoms with van der Waals surface area (Å²) in [6.45, 7) is 8.13. The summed E-state index contributed by atoms with van der Waals surface area (Å²) in [5.41, 5.74) is 2.35. The first-order valence-corrected chi connectivity index (χ1v) is 9.85. The molecule has 1 saturated heterocycles. The van der Waals surface area contributed by atoms with Crippen molar-refractivity contribution >= 4 is 21.6 Å². The van der Waals surface area contributed by atoms with Crippen LogP contribution in [0.5, 0.6) is 0 Å². The lowest BCUT2D eigenvalue weighted by Gasteiger charge is -2.23. The van der Waals surface area contributed by atoms with Gasteiger partial charge in [-0.05, 0) is 39.3 Å². The molecule has 4 rings (SSSR count). The van der Waals surface area contributed by atoms with Crippen molar-refractivity contribution < 1.29 is 0 Å².